The van der Waals surface area contributed by atoms with Crippen LogP contribution in [0.25, 0.3) is 0 Å². The molecule has 94 valence electrons. The second-order valence-electron chi connectivity index (χ2n) is 3.58. The van der Waals surface area contributed by atoms with E-state index in [-0.39, 0.29) is 11.9 Å². The smallest absolute Gasteiger partial charge is 0.231 e. The monoisotopic (exact) mass is 282 g/mol. The average Bonchev–Trinajstić information content (AvgIpc) is 2.75. The number of thioether (sulfide) groups is 1. The molecule has 18 heavy (non-hydrogen) atoms. The molecule has 1 aliphatic heterocycles. The summed E-state index contributed by atoms with van der Waals surface area (Å²) in [6, 6.07) is 3.48. The van der Waals surface area contributed by atoms with Crippen LogP contribution in [0.5, 0.6) is 11.5 Å². The molecule has 0 amide bonds. The maximum atomic E-state index is 10.7. The third-order valence-electron chi connectivity index (χ3n) is 2.22. The van der Waals surface area contributed by atoms with E-state index in [1.165, 1.54) is 11.8 Å². The highest BCUT2D eigenvalue weighted by Gasteiger charge is 2.15. The highest BCUT2D eigenvalue weighted by molar-refractivity contribution is 8.13. The van der Waals surface area contributed by atoms with Gasteiger partial charge >= 0.3 is 0 Å². The first-order chi connectivity index (χ1) is 8.66. The molecule has 0 saturated heterocycles. The highest BCUT2D eigenvalue weighted by atomic mass is 35.5. The van der Waals surface area contributed by atoms with E-state index in [2.05, 4.69) is 11.8 Å². The Hall–Kier alpha value is -1.31. The molecule has 3 nitrogen and oxygen atoms in total. The van der Waals surface area contributed by atoms with Gasteiger partial charge in [0, 0.05) is 36.8 Å². The molecule has 1 aromatic rings. The summed E-state index contributed by atoms with van der Waals surface area (Å²) in [6.45, 7) is 1.77. The van der Waals surface area contributed by atoms with Crippen molar-refractivity contribution in [2.45, 2.75) is 13.3 Å². The van der Waals surface area contributed by atoms with E-state index in [0.29, 0.717) is 34.3 Å². The second kappa shape index (κ2) is 6.03. The number of ether oxygens (including phenoxy) is 2. The Morgan fingerprint density at radius 1 is 1.44 bits per heavy atom. The van der Waals surface area contributed by atoms with Crippen LogP contribution < -0.4 is 9.47 Å². The fourth-order valence-electron chi connectivity index (χ4n) is 1.42. The molecule has 2 rings (SSSR count). The molecule has 0 fully saturated rings. The van der Waals surface area contributed by atoms with Crippen LogP contribution in [0.3, 0.4) is 0 Å². The van der Waals surface area contributed by atoms with Crippen LogP contribution in [0.4, 0.5) is 0 Å². The Kier molecular flexibility index (Phi) is 4.40. The van der Waals surface area contributed by atoms with Crippen molar-refractivity contribution in [2.24, 2.45) is 0 Å². The summed E-state index contributed by atoms with van der Waals surface area (Å²) in [5.74, 6) is 7.98. The van der Waals surface area contributed by atoms with Crippen LogP contribution >= 0.6 is 23.4 Å². The summed E-state index contributed by atoms with van der Waals surface area (Å²) < 4.78 is 10.5. The van der Waals surface area contributed by atoms with Crippen molar-refractivity contribution in [2.75, 3.05) is 12.5 Å². The molecule has 5 heteroatoms. The number of benzene rings is 1. The van der Waals surface area contributed by atoms with Gasteiger partial charge in [-0.3, -0.25) is 4.79 Å². The van der Waals surface area contributed by atoms with Gasteiger partial charge in [-0.1, -0.05) is 35.2 Å². The summed E-state index contributed by atoms with van der Waals surface area (Å²) in [4.78, 5) is 10.7. The predicted octanol–water partition coefficient (Wildman–Crippen LogP) is 3.09. The van der Waals surface area contributed by atoms with Crippen LogP contribution in [0.15, 0.2) is 12.1 Å². The molecular weight excluding hydrogens is 272 g/mol. The van der Waals surface area contributed by atoms with Gasteiger partial charge in [-0.15, -0.1) is 0 Å². The summed E-state index contributed by atoms with van der Waals surface area (Å²) in [7, 11) is 0. The third-order valence-corrected chi connectivity index (χ3v) is 3.35. The zero-order valence-corrected chi connectivity index (χ0v) is 11.4. The first kappa shape index (κ1) is 13.1. The zero-order chi connectivity index (χ0) is 13.0. The van der Waals surface area contributed by atoms with Gasteiger partial charge in [0.2, 0.25) is 6.79 Å². The molecule has 0 saturated carbocycles. The average molecular weight is 283 g/mol. The van der Waals surface area contributed by atoms with Crippen molar-refractivity contribution in [3.8, 4) is 23.3 Å². The molecule has 0 spiro atoms. The van der Waals surface area contributed by atoms with E-state index in [1.807, 2.05) is 0 Å². The Morgan fingerprint density at radius 3 is 2.89 bits per heavy atom. The van der Waals surface area contributed by atoms with E-state index in [1.54, 1.807) is 19.1 Å². The molecule has 0 N–H and O–H groups in total. The molecular formula is C13H11ClO3S. The van der Waals surface area contributed by atoms with E-state index < -0.39 is 0 Å². The Labute approximate surface area is 115 Å². The lowest BCUT2D eigenvalue weighted by atomic mass is 10.2. The molecule has 1 heterocycles. The number of carbonyl (C=O) groups is 1. The summed E-state index contributed by atoms with van der Waals surface area (Å²) in [6.07, 6.45) is 0.648. The number of hydrogen-bond donors (Lipinski definition) is 0. The second-order valence-corrected chi connectivity index (χ2v) is 5.26. The van der Waals surface area contributed by atoms with Crippen LogP contribution in [0, 0.1) is 11.8 Å². The van der Waals surface area contributed by atoms with E-state index in [4.69, 9.17) is 21.1 Å². The van der Waals surface area contributed by atoms with Crippen molar-refractivity contribution in [3.63, 3.8) is 0 Å². The quantitative estimate of drug-likeness (QED) is 0.617. The van der Waals surface area contributed by atoms with Gasteiger partial charge in [-0.2, -0.15) is 0 Å². The minimum Gasteiger partial charge on any atom is -0.454 e. The predicted molar refractivity (Wildman–Crippen MR) is 72.2 cm³/mol. The SMILES string of the molecule is CC(=O)SCCC#Cc1cc2c(cc1Cl)OCO2. The van der Waals surface area contributed by atoms with Crippen LogP contribution in [0.1, 0.15) is 18.9 Å². The van der Waals surface area contributed by atoms with Crippen molar-refractivity contribution in [3.05, 3.63) is 22.7 Å². The van der Waals surface area contributed by atoms with Crippen LogP contribution in [0.2, 0.25) is 5.02 Å². The third kappa shape index (κ3) is 3.34. The number of fused-ring (bicyclic) bond motifs is 1. The molecule has 1 aliphatic rings. The lowest BCUT2D eigenvalue weighted by Crippen LogP contribution is -1.92. The standard InChI is InChI=1S/C13H11ClO3S/c1-9(15)18-5-3-2-4-10-6-12-13(7-11(10)14)17-8-16-12/h6-7H,3,5,8H2,1H3. The Bertz CT molecular complexity index is 531. The summed E-state index contributed by atoms with van der Waals surface area (Å²) in [5, 5.41) is 0.656. The van der Waals surface area contributed by atoms with E-state index in [9.17, 15) is 4.79 Å². The lowest BCUT2D eigenvalue weighted by Gasteiger charge is -1.99. The first-order valence-corrected chi connectivity index (χ1v) is 6.74. The van der Waals surface area contributed by atoms with E-state index in [0.717, 1.165) is 0 Å². The van der Waals surface area contributed by atoms with Crippen molar-refractivity contribution < 1.29 is 14.3 Å². The minimum absolute atomic E-state index is 0.109. The normalized spacial score (nSPS) is 11.9. The van der Waals surface area contributed by atoms with Crippen LogP contribution in [-0.4, -0.2) is 17.7 Å². The van der Waals surface area contributed by atoms with Gasteiger partial charge < -0.3 is 9.47 Å². The first-order valence-electron chi connectivity index (χ1n) is 5.38. The van der Waals surface area contributed by atoms with Gasteiger partial charge in [0.05, 0.1) is 5.02 Å². The summed E-state index contributed by atoms with van der Waals surface area (Å²) >= 11 is 7.35. The van der Waals surface area contributed by atoms with Gasteiger partial charge in [0.15, 0.2) is 16.6 Å². The van der Waals surface area contributed by atoms with Gasteiger partial charge in [-0.25, -0.2) is 0 Å². The molecule has 0 unspecified atom stereocenters. The summed E-state index contributed by atoms with van der Waals surface area (Å²) in [5.41, 5.74) is 0.716. The van der Waals surface area contributed by atoms with Crippen molar-refractivity contribution in [1.82, 2.24) is 0 Å². The number of carbonyl (C=O) groups excluding carboxylic acids is 1. The number of hydrogen-bond acceptors (Lipinski definition) is 4. The minimum atomic E-state index is 0.109. The van der Waals surface area contributed by atoms with Crippen molar-refractivity contribution >= 4 is 28.5 Å². The molecule has 1 aromatic carbocycles. The topological polar surface area (TPSA) is 35.5 Å². The Balaban J connectivity index is 2.01. The number of halogens is 1. The largest absolute Gasteiger partial charge is 0.454 e. The maximum absolute atomic E-state index is 10.7. The van der Waals surface area contributed by atoms with E-state index >= 15 is 0 Å². The van der Waals surface area contributed by atoms with Crippen LogP contribution in [-0.2, 0) is 4.79 Å². The molecule has 0 aliphatic carbocycles. The Morgan fingerprint density at radius 2 is 2.17 bits per heavy atom. The lowest BCUT2D eigenvalue weighted by molar-refractivity contribution is -0.109. The van der Waals surface area contributed by atoms with Crippen molar-refractivity contribution in [1.29, 1.82) is 0 Å². The van der Waals surface area contributed by atoms with Gasteiger partial charge in [-0.05, 0) is 0 Å². The molecule has 0 radical (unpaired) electrons. The fraction of sp³-hybridized carbons (Fsp3) is 0.308. The fourth-order valence-corrected chi connectivity index (χ4v) is 2.11. The molecule has 0 bridgehead atoms. The molecule has 0 atom stereocenters. The van der Waals surface area contributed by atoms with Gasteiger partial charge in [0.25, 0.3) is 0 Å². The zero-order valence-electron chi connectivity index (χ0n) is 9.79. The van der Waals surface area contributed by atoms with Gasteiger partial charge in [0.1, 0.15) is 0 Å². The highest BCUT2D eigenvalue weighted by Crippen LogP contribution is 2.36. The molecule has 0 aromatic heterocycles. The number of rotatable bonds is 2. The maximum Gasteiger partial charge on any atom is 0.231 e.